The van der Waals surface area contributed by atoms with Gasteiger partial charge in [0.05, 0.1) is 16.8 Å². The predicted molar refractivity (Wildman–Crippen MR) is 83.5 cm³/mol. The molecule has 0 N–H and O–H groups in total. The highest BCUT2D eigenvalue weighted by Crippen LogP contribution is 2.36. The molecule has 0 spiro atoms. The van der Waals surface area contributed by atoms with Crippen LogP contribution >= 0.6 is 11.6 Å². The summed E-state index contributed by atoms with van der Waals surface area (Å²) in [6, 6.07) is 3.33. The number of carbonyl (C=O) groups is 1. The van der Waals surface area contributed by atoms with E-state index >= 15 is 0 Å². The van der Waals surface area contributed by atoms with E-state index in [4.69, 9.17) is 16.3 Å². The van der Waals surface area contributed by atoms with Gasteiger partial charge in [0.2, 0.25) is 0 Å². The monoisotopic (exact) mass is 339 g/mol. The van der Waals surface area contributed by atoms with E-state index in [1.54, 1.807) is 20.8 Å². The van der Waals surface area contributed by atoms with Gasteiger partial charge in [0, 0.05) is 19.3 Å². The second-order valence-corrected chi connectivity index (χ2v) is 7.08. The Labute approximate surface area is 140 Å². The van der Waals surface area contributed by atoms with Crippen molar-refractivity contribution in [2.75, 3.05) is 13.1 Å². The number of hydrogen-bond acceptors (Lipinski definition) is 4. The maximum absolute atomic E-state index is 14.1. The van der Waals surface area contributed by atoms with Crippen LogP contribution in [0.15, 0.2) is 12.3 Å². The molecule has 7 heteroatoms. The first-order valence-corrected chi connectivity index (χ1v) is 7.75. The van der Waals surface area contributed by atoms with Gasteiger partial charge in [0.1, 0.15) is 16.8 Å². The first-order chi connectivity index (χ1) is 10.7. The molecule has 1 saturated heterocycles. The number of nitriles is 1. The van der Waals surface area contributed by atoms with Crippen LogP contribution in [0.1, 0.15) is 39.3 Å². The lowest BCUT2D eigenvalue weighted by Crippen LogP contribution is -2.47. The number of piperidine rings is 1. The van der Waals surface area contributed by atoms with E-state index in [2.05, 4.69) is 11.1 Å². The molecule has 0 saturated carbocycles. The molecule has 0 bridgehead atoms. The fourth-order valence-corrected chi connectivity index (χ4v) is 2.71. The number of halogens is 2. The normalized spacial score (nSPS) is 17.5. The molecule has 2 rings (SSSR count). The number of amides is 1. The third-order valence-electron chi connectivity index (χ3n) is 3.74. The van der Waals surface area contributed by atoms with E-state index < -0.39 is 22.9 Å². The number of ether oxygens (including phenoxy) is 1. The van der Waals surface area contributed by atoms with E-state index in [0.29, 0.717) is 25.9 Å². The largest absolute Gasteiger partial charge is 0.444 e. The van der Waals surface area contributed by atoms with E-state index in [1.807, 2.05) is 0 Å². The number of carbonyl (C=O) groups excluding carboxylic acids is 1. The molecule has 2 heterocycles. The van der Waals surface area contributed by atoms with Crippen molar-refractivity contribution in [2.24, 2.45) is 0 Å². The molecule has 1 aliphatic heterocycles. The van der Waals surface area contributed by atoms with Gasteiger partial charge in [-0.25, -0.2) is 9.18 Å². The standard InChI is InChI=1S/C16H19ClFN3O2/c1-15(2,3)23-14(22)21-6-4-16(10-19,5-7-21)13-12(18)8-11(17)9-20-13/h8-9H,4-7H2,1-3H3. The van der Waals surface area contributed by atoms with Crippen molar-refractivity contribution < 1.29 is 13.9 Å². The van der Waals surface area contributed by atoms with Crippen LogP contribution in [0.5, 0.6) is 0 Å². The molecule has 1 aromatic rings. The van der Waals surface area contributed by atoms with Gasteiger partial charge < -0.3 is 9.64 Å². The zero-order valence-electron chi connectivity index (χ0n) is 13.4. The van der Waals surface area contributed by atoms with Gasteiger partial charge in [-0.15, -0.1) is 0 Å². The van der Waals surface area contributed by atoms with Crippen LogP contribution in [-0.2, 0) is 10.2 Å². The Morgan fingerprint density at radius 1 is 1.48 bits per heavy atom. The number of likely N-dealkylation sites (tertiary alicyclic amines) is 1. The smallest absolute Gasteiger partial charge is 0.410 e. The van der Waals surface area contributed by atoms with Crippen molar-refractivity contribution in [1.29, 1.82) is 5.26 Å². The van der Waals surface area contributed by atoms with Crippen molar-refractivity contribution in [1.82, 2.24) is 9.88 Å². The molecule has 0 atom stereocenters. The predicted octanol–water partition coefficient (Wildman–Crippen LogP) is 3.67. The molecular weight excluding hydrogens is 321 g/mol. The summed E-state index contributed by atoms with van der Waals surface area (Å²) in [5.74, 6) is -0.593. The molecule has 0 aliphatic carbocycles. The van der Waals surface area contributed by atoms with Crippen molar-refractivity contribution in [3.05, 3.63) is 28.8 Å². The van der Waals surface area contributed by atoms with Crippen LogP contribution in [0.3, 0.4) is 0 Å². The molecule has 23 heavy (non-hydrogen) atoms. The first kappa shape index (κ1) is 17.5. The highest BCUT2D eigenvalue weighted by Gasteiger charge is 2.41. The fraction of sp³-hybridized carbons (Fsp3) is 0.562. The molecule has 1 aliphatic rings. The maximum atomic E-state index is 14.1. The highest BCUT2D eigenvalue weighted by molar-refractivity contribution is 6.30. The summed E-state index contributed by atoms with van der Waals surface area (Å²) in [5, 5.41) is 9.76. The summed E-state index contributed by atoms with van der Waals surface area (Å²) in [6.45, 7) is 6.00. The Hall–Kier alpha value is -1.87. The van der Waals surface area contributed by atoms with Gasteiger partial charge in [0.15, 0.2) is 0 Å². The number of nitrogens with zero attached hydrogens (tertiary/aromatic N) is 3. The fourth-order valence-electron chi connectivity index (χ4n) is 2.57. The van der Waals surface area contributed by atoms with Gasteiger partial charge in [-0.3, -0.25) is 4.98 Å². The second kappa shape index (κ2) is 6.32. The molecule has 124 valence electrons. The SMILES string of the molecule is CC(C)(C)OC(=O)N1CCC(C#N)(c2ncc(Cl)cc2F)CC1. The maximum Gasteiger partial charge on any atom is 0.410 e. The first-order valence-electron chi connectivity index (χ1n) is 7.37. The molecule has 1 amide bonds. The van der Waals surface area contributed by atoms with Crippen LogP contribution in [0.2, 0.25) is 5.02 Å². The van der Waals surface area contributed by atoms with E-state index in [-0.39, 0.29) is 10.7 Å². The van der Waals surface area contributed by atoms with Gasteiger partial charge in [-0.1, -0.05) is 11.6 Å². The summed E-state index contributed by atoms with van der Waals surface area (Å²) in [4.78, 5) is 17.6. The zero-order valence-corrected chi connectivity index (χ0v) is 14.2. The van der Waals surface area contributed by atoms with Crippen LogP contribution < -0.4 is 0 Å². The van der Waals surface area contributed by atoms with Crippen molar-refractivity contribution in [2.45, 2.75) is 44.6 Å². The molecule has 0 unspecified atom stereocenters. The highest BCUT2D eigenvalue weighted by atomic mass is 35.5. The number of aromatic nitrogens is 1. The minimum absolute atomic E-state index is 0.0910. The van der Waals surface area contributed by atoms with Crippen molar-refractivity contribution >= 4 is 17.7 Å². The number of rotatable bonds is 1. The van der Waals surface area contributed by atoms with Crippen LogP contribution in [0.4, 0.5) is 9.18 Å². The number of hydrogen-bond donors (Lipinski definition) is 0. The van der Waals surface area contributed by atoms with Crippen LogP contribution in [-0.4, -0.2) is 34.7 Å². The second-order valence-electron chi connectivity index (χ2n) is 6.65. The van der Waals surface area contributed by atoms with E-state index in [9.17, 15) is 14.4 Å². The van der Waals surface area contributed by atoms with Crippen LogP contribution in [0, 0.1) is 17.1 Å². The van der Waals surface area contributed by atoms with Gasteiger partial charge in [-0.2, -0.15) is 5.26 Å². The molecule has 5 nitrogen and oxygen atoms in total. The third kappa shape index (κ3) is 3.91. The molecule has 1 fully saturated rings. The summed E-state index contributed by atoms with van der Waals surface area (Å²) in [5.41, 5.74) is -1.54. The Morgan fingerprint density at radius 2 is 2.09 bits per heavy atom. The molecule has 0 aromatic carbocycles. The van der Waals surface area contributed by atoms with Crippen LogP contribution in [0.25, 0.3) is 0 Å². The lowest BCUT2D eigenvalue weighted by Gasteiger charge is -2.37. The van der Waals surface area contributed by atoms with Gasteiger partial charge >= 0.3 is 6.09 Å². The van der Waals surface area contributed by atoms with Crippen molar-refractivity contribution in [3.63, 3.8) is 0 Å². The Kier molecular flexibility index (Phi) is 4.81. The minimum atomic E-state index is -1.05. The zero-order chi connectivity index (χ0) is 17.3. The average molecular weight is 340 g/mol. The Balaban J connectivity index is 2.14. The Bertz CT molecular complexity index is 644. The van der Waals surface area contributed by atoms with Gasteiger partial charge in [-0.05, 0) is 39.7 Å². The minimum Gasteiger partial charge on any atom is -0.444 e. The lowest BCUT2D eigenvalue weighted by molar-refractivity contribution is 0.0183. The summed E-state index contributed by atoms with van der Waals surface area (Å²) in [7, 11) is 0. The van der Waals surface area contributed by atoms with Gasteiger partial charge in [0.25, 0.3) is 0 Å². The average Bonchev–Trinajstić information content (AvgIpc) is 2.45. The third-order valence-corrected chi connectivity index (χ3v) is 3.95. The van der Waals surface area contributed by atoms with E-state index in [1.165, 1.54) is 11.1 Å². The molecular formula is C16H19ClFN3O2. The van der Waals surface area contributed by atoms with Crippen molar-refractivity contribution in [3.8, 4) is 6.07 Å². The Morgan fingerprint density at radius 3 is 2.57 bits per heavy atom. The summed E-state index contributed by atoms with van der Waals surface area (Å²) >= 11 is 5.72. The molecule has 0 radical (unpaired) electrons. The topological polar surface area (TPSA) is 66.2 Å². The number of pyridine rings is 1. The lowest BCUT2D eigenvalue weighted by atomic mass is 9.76. The summed E-state index contributed by atoms with van der Waals surface area (Å²) in [6.07, 6.45) is 1.51. The molecule has 1 aromatic heterocycles. The van der Waals surface area contributed by atoms with E-state index in [0.717, 1.165) is 6.07 Å². The quantitative estimate of drug-likeness (QED) is 0.783. The summed E-state index contributed by atoms with van der Waals surface area (Å²) < 4.78 is 19.5.